The van der Waals surface area contributed by atoms with Crippen LogP contribution in [0.25, 0.3) is 11.1 Å². The number of carboxylic acids is 1. The van der Waals surface area contributed by atoms with Gasteiger partial charge < -0.3 is 15.5 Å². The van der Waals surface area contributed by atoms with Crippen molar-refractivity contribution in [1.29, 1.82) is 0 Å². The number of hydrogen-bond acceptors (Lipinski definition) is 5. The van der Waals surface area contributed by atoms with Crippen molar-refractivity contribution >= 4 is 16.0 Å². The van der Waals surface area contributed by atoms with Gasteiger partial charge in [0.15, 0.2) is 0 Å². The molecule has 0 saturated carbocycles. The maximum absolute atomic E-state index is 13.9. The van der Waals surface area contributed by atoms with E-state index in [1.54, 1.807) is 18.2 Å². The van der Waals surface area contributed by atoms with Gasteiger partial charge in [-0.2, -0.15) is 4.31 Å². The van der Waals surface area contributed by atoms with Crippen LogP contribution in [0.1, 0.15) is 56.7 Å². The molecule has 228 valence electrons. The maximum atomic E-state index is 13.9. The van der Waals surface area contributed by atoms with Crippen molar-refractivity contribution in [2.75, 3.05) is 20.1 Å². The number of likely N-dealkylation sites (N-methyl/N-ethyl adjacent to an activating group) is 1. The normalized spacial score (nSPS) is 12.9. The Hall–Kier alpha value is -3.11. The van der Waals surface area contributed by atoms with E-state index in [4.69, 9.17) is 5.11 Å². The van der Waals surface area contributed by atoms with Crippen LogP contribution in [0.4, 0.5) is 4.39 Å². The van der Waals surface area contributed by atoms with Crippen LogP contribution >= 0.6 is 0 Å². The van der Waals surface area contributed by atoms with Gasteiger partial charge in [-0.15, -0.1) is 0 Å². The molecule has 0 unspecified atom stereocenters. The average Bonchev–Trinajstić information content (AvgIpc) is 2.95. The fraction of sp³-hybridized carbons (Fsp3) is 0.424. The first-order valence-corrected chi connectivity index (χ1v) is 15.8. The Morgan fingerprint density at radius 2 is 1.74 bits per heavy atom. The lowest BCUT2D eigenvalue weighted by Gasteiger charge is -2.29. The summed E-state index contributed by atoms with van der Waals surface area (Å²) in [6.07, 6.45) is 2.41. The van der Waals surface area contributed by atoms with Gasteiger partial charge in [0, 0.05) is 32.1 Å². The van der Waals surface area contributed by atoms with E-state index < -0.39 is 27.9 Å². The van der Waals surface area contributed by atoms with E-state index in [1.165, 1.54) is 35.1 Å². The van der Waals surface area contributed by atoms with Gasteiger partial charge >= 0.3 is 5.97 Å². The third kappa shape index (κ3) is 9.46. The molecule has 0 bridgehead atoms. The predicted molar refractivity (Wildman–Crippen MR) is 164 cm³/mol. The highest BCUT2D eigenvalue weighted by Gasteiger charge is 2.27. The van der Waals surface area contributed by atoms with Crippen LogP contribution in [0.15, 0.2) is 71.6 Å². The zero-order valence-electron chi connectivity index (χ0n) is 24.9. The van der Waals surface area contributed by atoms with E-state index >= 15 is 0 Å². The van der Waals surface area contributed by atoms with Crippen LogP contribution in [-0.4, -0.2) is 60.7 Å². The van der Waals surface area contributed by atoms with Crippen LogP contribution in [-0.2, 0) is 34.1 Å². The lowest BCUT2D eigenvalue weighted by molar-refractivity contribution is -0.136. The molecule has 0 aliphatic heterocycles. The molecule has 0 spiro atoms. The standard InChI is InChI=1S/C33H43FN2O5S/c1-5-25-20-26(30-16-15-28(34)21-27(30)14-18-32(38)39)13-17-31(25)42(40,41)36(4)23-29(37)22-35-33(2,3)19-9-12-24-10-7-6-8-11-24/h6-8,10-11,13,15-17,20-21,29,35,37H,5,9,12,14,18-19,22-23H2,1-4H3,(H,38,39)/t29-/m1/s1. The number of benzene rings is 3. The highest BCUT2D eigenvalue weighted by molar-refractivity contribution is 7.89. The number of carbonyl (C=O) groups is 1. The Labute approximate surface area is 249 Å². The number of rotatable bonds is 16. The maximum Gasteiger partial charge on any atom is 0.303 e. The van der Waals surface area contributed by atoms with Gasteiger partial charge in [-0.1, -0.05) is 49.4 Å². The predicted octanol–water partition coefficient (Wildman–Crippen LogP) is 5.44. The quantitative estimate of drug-likeness (QED) is 0.203. The number of halogens is 1. The van der Waals surface area contributed by atoms with Crippen LogP contribution in [0, 0.1) is 5.82 Å². The molecule has 0 fully saturated rings. The van der Waals surface area contributed by atoms with Crippen molar-refractivity contribution in [3.63, 3.8) is 0 Å². The molecule has 7 nitrogen and oxygen atoms in total. The average molecular weight is 599 g/mol. The molecule has 9 heteroatoms. The summed E-state index contributed by atoms with van der Waals surface area (Å²) in [4.78, 5) is 11.2. The first-order chi connectivity index (χ1) is 19.8. The molecule has 0 amide bonds. The fourth-order valence-electron chi connectivity index (χ4n) is 5.06. The highest BCUT2D eigenvalue weighted by atomic mass is 32.2. The summed E-state index contributed by atoms with van der Waals surface area (Å²) >= 11 is 0. The summed E-state index contributed by atoms with van der Waals surface area (Å²) < 4.78 is 42.2. The van der Waals surface area contributed by atoms with E-state index in [-0.39, 0.29) is 36.4 Å². The smallest absolute Gasteiger partial charge is 0.303 e. The van der Waals surface area contributed by atoms with Crippen molar-refractivity contribution in [3.05, 3.63) is 89.2 Å². The van der Waals surface area contributed by atoms with E-state index in [9.17, 15) is 22.7 Å². The SMILES string of the molecule is CCc1cc(-c2ccc(F)cc2CCC(=O)O)ccc1S(=O)(=O)N(C)C[C@H](O)CNC(C)(C)CCCc1ccccc1. The second kappa shape index (κ2) is 14.9. The molecule has 3 N–H and O–H groups in total. The summed E-state index contributed by atoms with van der Waals surface area (Å²) in [6.45, 7) is 6.19. The molecule has 42 heavy (non-hydrogen) atoms. The van der Waals surface area contributed by atoms with Crippen LogP contribution in [0.2, 0.25) is 0 Å². The lowest BCUT2D eigenvalue weighted by Crippen LogP contribution is -2.46. The zero-order valence-corrected chi connectivity index (χ0v) is 25.8. The molecule has 3 aromatic carbocycles. The van der Waals surface area contributed by atoms with Gasteiger partial charge in [-0.25, -0.2) is 12.8 Å². The van der Waals surface area contributed by atoms with Gasteiger partial charge in [0.25, 0.3) is 0 Å². The van der Waals surface area contributed by atoms with Gasteiger partial charge in [0.05, 0.1) is 11.0 Å². The molecule has 0 aromatic heterocycles. The lowest BCUT2D eigenvalue weighted by atomic mass is 9.95. The molecule has 3 aromatic rings. The zero-order chi connectivity index (χ0) is 30.9. The minimum Gasteiger partial charge on any atom is -0.481 e. The summed E-state index contributed by atoms with van der Waals surface area (Å²) in [7, 11) is -2.45. The summed E-state index contributed by atoms with van der Waals surface area (Å²) in [6, 6.07) is 19.5. The Morgan fingerprint density at radius 1 is 1.02 bits per heavy atom. The molecular formula is C33H43FN2O5S. The van der Waals surface area contributed by atoms with Crippen molar-refractivity contribution in [2.45, 2.75) is 75.8 Å². The van der Waals surface area contributed by atoms with E-state index in [1.807, 2.05) is 25.1 Å². The third-order valence-electron chi connectivity index (χ3n) is 7.51. The summed E-state index contributed by atoms with van der Waals surface area (Å²) in [5.74, 6) is -1.44. The monoisotopic (exact) mass is 598 g/mol. The molecule has 0 saturated heterocycles. The minimum absolute atomic E-state index is 0.0718. The molecule has 3 rings (SSSR count). The number of nitrogens with zero attached hydrogens (tertiary/aromatic N) is 1. The Bertz CT molecular complexity index is 1440. The minimum atomic E-state index is -3.90. The molecule has 0 heterocycles. The van der Waals surface area contributed by atoms with Crippen molar-refractivity contribution in [1.82, 2.24) is 9.62 Å². The highest BCUT2D eigenvalue weighted by Crippen LogP contribution is 2.30. The molecule has 0 aliphatic rings. The van der Waals surface area contributed by atoms with Crippen molar-refractivity contribution < 1.29 is 27.8 Å². The Morgan fingerprint density at radius 3 is 2.40 bits per heavy atom. The number of aliphatic carboxylic acids is 1. The van der Waals surface area contributed by atoms with Crippen molar-refractivity contribution in [2.24, 2.45) is 0 Å². The number of hydrogen-bond donors (Lipinski definition) is 3. The second-order valence-electron chi connectivity index (χ2n) is 11.4. The number of aliphatic hydroxyl groups excluding tert-OH is 1. The molecule has 0 radical (unpaired) electrons. The third-order valence-corrected chi connectivity index (χ3v) is 9.43. The van der Waals surface area contributed by atoms with Crippen molar-refractivity contribution in [3.8, 4) is 11.1 Å². The summed E-state index contributed by atoms with van der Waals surface area (Å²) in [5, 5.41) is 23.2. The first kappa shape index (κ1) is 33.4. The van der Waals surface area contributed by atoms with Gasteiger partial charge in [-0.3, -0.25) is 4.79 Å². The van der Waals surface area contributed by atoms with Gasteiger partial charge in [0.2, 0.25) is 10.0 Å². The molecular weight excluding hydrogens is 555 g/mol. The Kier molecular flexibility index (Phi) is 11.8. The number of nitrogens with one attached hydrogen (secondary N) is 1. The first-order valence-electron chi connectivity index (χ1n) is 14.4. The number of aliphatic hydroxyl groups is 1. The fourth-order valence-corrected chi connectivity index (χ4v) is 6.53. The molecule has 1 atom stereocenters. The summed E-state index contributed by atoms with van der Waals surface area (Å²) in [5.41, 5.74) is 3.55. The topological polar surface area (TPSA) is 107 Å². The van der Waals surface area contributed by atoms with Gasteiger partial charge in [0.1, 0.15) is 5.82 Å². The number of aryl methyl sites for hydroxylation is 3. The van der Waals surface area contributed by atoms with E-state index in [0.717, 1.165) is 19.3 Å². The van der Waals surface area contributed by atoms with Crippen LogP contribution in [0.5, 0.6) is 0 Å². The van der Waals surface area contributed by atoms with Crippen LogP contribution < -0.4 is 5.32 Å². The Balaban J connectivity index is 1.66. The van der Waals surface area contributed by atoms with E-state index in [2.05, 4.69) is 31.3 Å². The molecule has 0 aliphatic carbocycles. The van der Waals surface area contributed by atoms with E-state index in [0.29, 0.717) is 28.7 Å². The number of β-amino-alcohol motifs (C(OH)–C–C–N with tert-alkyl or cyclic N) is 1. The van der Waals surface area contributed by atoms with Gasteiger partial charge in [-0.05, 0) is 98.0 Å². The largest absolute Gasteiger partial charge is 0.481 e. The number of sulfonamides is 1. The number of carboxylic acid groups (broad SMARTS) is 1. The second-order valence-corrected chi connectivity index (χ2v) is 13.4. The van der Waals surface area contributed by atoms with Crippen LogP contribution in [0.3, 0.4) is 0 Å².